The summed E-state index contributed by atoms with van der Waals surface area (Å²) in [4.78, 5) is 15.4. The van der Waals surface area contributed by atoms with Crippen LogP contribution in [-0.4, -0.2) is 28.1 Å². The molecule has 2 rings (SSSR count). The molecule has 0 radical (unpaired) electrons. The van der Waals surface area contributed by atoms with Crippen LogP contribution in [-0.2, 0) is 11.2 Å². The van der Waals surface area contributed by atoms with E-state index in [4.69, 9.17) is 0 Å². The van der Waals surface area contributed by atoms with Crippen molar-refractivity contribution in [2.45, 2.75) is 32.4 Å². The fourth-order valence-electron chi connectivity index (χ4n) is 2.19. The second kappa shape index (κ2) is 5.80. The molecule has 0 aliphatic heterocycles. The molecule has 1 aromatic carbocycles. The summed E-state index contributed by atoms with van der Waals surface area (Å²) in [5.74, 6) is -0.824. The van der Waals surface area contributed by atoms with Gasteiger partial charge in [-0.25, -0.2) is 0 Å². The lowest BCUT2D eigenvalue weighted by Crippen LogP contribution is -2.42. The quantitative estimate of drug-likeness (QED) is 0.863. The Balaban J connectivity index is 2.31. The van der Waals surface area contributed by atoms with Crippen molar-refractivity contribution < 1.29 is 9.90 Å². The largest absolute Gasteiger partial charge is 0.480 e. The van der Waals surface area contributed by atoms with Gasteiger partial charge in [-0.15, -0.1) is 0 Å². The highest BCUT2D eigenvalue weighted by Gasteiger charge is 2.19. The monoisotopic (exact) mass is 258 g/mol. The van der Waals surface area contributed by atoms with Gasteiger partial charge in [0, 0.05) is 23.8 Å². The normalized spacial score (nSPS) is 12.8. The van der Waals surface area contributed by atoms with Crippen molar-refractivity contribution in [2.75, 3.05) is 0 Å². The Labute approximate surface area is 112 Å². The zero-order chi connectivity index (χ0) is 13.8. The summed E-state index contributed by atoms with van der Waals surface area (Å²) >= 11 is 0. The SMILES string of the molecule is CC(C)NC(Cc1cccc2ccncc12)C(=O)O. The summed E-state index contributed by atoms with van der Waals surface area (Å²) in [6.07, 6.45) is 3.99. The number of benzene rings is 1. The number of carbonyl (C=O) groups is 1. The number of pyridine rings is 1. The standard InChI is InChI=1S/C15H18N2O2/c1-10(2)17-14(15(18)19)8-12-5-3-4-11-6-7-16-9-13(11)12/h3-7,9-10,14,17H,8H2,1-2H3,(H,18,19). The van der Waals surface area contributed by atoms with E-state index in [-0.39, 0.29) is 6.04 Å². The molecule has 1 aromatic heterocycles. The minimum Gasteiger partial charge on any atom is -0.480 e. The predicted octanol–water partition coefficient (Wildman–Crippen LogP) is 2.23. The van der Waals surface area contributed by atoms with Gasteiger partial charge < -0.3 is 10.4 Å². The van der Waals surface area contributed by atoms with Gasteiger partial charge in [-0.05, 0) is 23.4 Å². The van der Waals surface area contributed by atoms with E-state index >= 15 is 0 Å². The van der Waals surface area contributed by atoms with Crippen molar-refractivity contribution in [3.63, 3.8) is 0 Å². The molecule has 0 amide bonds. The van der Waals surface area contributed by atoms with Crippen LogP contribution in [0.5, 0.6) is 0 Å². The summed E-state index contributed by atoms with van der Waals surface area (Å²) in [6.45, 7) is 3.89. The number of nitrogens with one attached hydrogen (secondary N) is 1. The Morgan fingerprint density at radius 1 is 1.37 bits per heavy atom. The van der Waals surface area contributed by atoms with Gasteiger partial charge in [-0.3, -0.25) is 9.78 Å². The van der Waals surface area contributed by atoms with E-state index in [0.29, 0.717) is 6.42 Å². The first-order chi connectivity index (χ1) is 9.08. The van der Waals surface area contributed by atoms with Crippen LogP contribution in [0.4, 0.5) is 0 Å². The van der Waals surface area contributed by atoms with Crippen molar-refractivity contribution in [1.82, 2.24) is 10.3 Å². The molecule has 0 bridgehead atoms. The van der Waals surface area contributed by atoms with Crippen LogP contribution in [0.15, 0.2) is 36.7 Å². The maximum absolute atomic E-state index is 11.3. The number of aromatic nitrogens is 1. The highest BCUT2D eigenvalue weighted by Crippen LogP contribution is 2.19. The van der Waals surface area contributed by atoms with Gasteiger partial charge in [0.05, 0.1) is 0 Å². The fraction of sp³-hybridized carbons (Fsp3) is 0.333. The van der Waals surface area contributed by atoms with E-state index in [1.165, 1.54) is 0 Å². The maximum Gasteiger partial charge on any atom is 0.321 e. The molecule has 0 fully saturated rings. The van der Waals surface area contributed by atoms with Crippen LogP contribution >= 0.6 is 0 Å². The summed E-state index contributed by atoms with van der Waals surface area (Å²) in [7, 11) is 0. The van der Waals surface area contributed by atoms with Crippen molar-refractivity contribution in [1.29, 1.82) is 0 Å². The van der Waals surface area contributed by atoms with Gasteiger partial charge in [0.2, 0.25) is 0 Å². The van der Waals surface area contributed by atoms with Crippen molar-refractivity contribution >= 4 is 16.7 Å². The highest BCUT2D eigenvalue weighted by atomic mass is 16.4. The van der Waals surface area contributed by atoms with Crippen LogP contribution < -0.4 is 5.32 Å². The van der Waals surface area contributed by atoms with Crippen LogP contribution in [0.25, 0.3) is 10.8 Å². The van der Waals surface area contributed by atoms with E-state index in [1.807, 2.05) is 38.1 Å². The molecule has 100 valence electrons. The summed E-state index contributed by atoms with van der Waals surface area (Å²) in [5, 5.41) is 14.4. The molecule has 0 aliphatic rings. The first-order valence-electron chi connectivity index (χ1n) is 6.38. The summed E-state index contributed by atoms with van der Waals surface area (Å²) in [5.41, 5.74) is 1.01. The molecule has 2 N–H and O–H groups in total. The summed E-state index contributed by atoms with van der Waals surface area (Å²) in [6, 6.07) is 7.41. The van der Waals surface area contributed by atoms with Gasteiger partial charge in [0.25, 0.3) is 0 Å². The molecule has 0 saturated heterocycles. The molecular formula is C15H18N2O2. The van der Waals surface area contributed by atoms with E-state index < -0.39 is 12.0 Å². The number of rotatable bonds is 5. The Bertz CT molecular complexity index is 576. The average Bonchev–Trinajstić information content (AvgIpc) is 2.37. The third-order valence-electron chi connectivity index (χ3n) is 3.03. The molecule has 4 heteroatoms. The van der Waals surface area contributed by atoms with Gasteiger partial charge >= 0.3 is 5.97 Å². The minimum atomic E-state index is -0.824. The number of carboxylic acid groups (broad SMARTS) is 1. The number of fused-ring (bicyclic) bond motifs is 1. The Hall–Kier alpha value is -1.94. The number of carboxylic acids is 1. The number of nitrogens with zero attached hydrogens (tertiary/aromatic N) is 1. The molecule has 4 nitrogen and oxygen atoms in total. The van der Waals surface area contributed by atoms with Gasteiger partial charge in [-0.1, -0.05) is 32.0 Å². The lowest BCUT2D eigenvalue weighted by atomic mass is 10.00. The molecule has 2 aromatic rings. The molecule has 0 saturated carbocycles. The second-order valence-electron chi connectivity index (χ2n) is 4.93. The fourth-order valence-corrected chi connectivity index (χ4v) is 2.19. The van der Waals surface area contributed by atoms with Gasteiger partial charge in [0.1, 0.15) is 6.04 Å². The zero-order valence-electron chi connectivity index (χ0n) is 11.1. The minimum absolute atomic E-state index is 0.134. The first-order valence-corrected chi connectivity index (χ1v) is 6.38. The highest BCUT2D eigenvalue weighted by molar-refractivity contribution is 5.85. The average molecular weight is 258 g/mol. The number of aliphatic carboxylic acids is 1. The molecule has 19 heavy (non-hydrogen) atoms. The zero-order valence-corrected chi connectivity index (χ0v) is 11.1. The van der Waals surface area contributed by atoms with Gasteiger partial charge in [-0.2, -0.15) is 0 Å². The van der Waals surface area contributed by atoms with Crippen molar-refractivity contribution in [2.24, 2.45) is 0 Å². The molecule has 0 spiro atoms. The smallest absolute Gasteiger partial charge is 0.321 e. The molecule has 1 atom stereocenters. The maximum atomic E-state index is 11.3. The molecular weight excluding hydrogens is 240 g/mol. The van der Waals surface area contributed by atoms with Gasteiger partial charge in [0.15, 0.2) is 0 Å². The number of hydrogen-bond donors (Lipinski definition) is 2. The van der Waals surface area contributed by atoms with Crippen LogP contribution in [0.1, 0.15) is 19.4 Å². The Morgan fingerprint density at radius 3 is 2.84 bits per heavy atom. The van der Waals surface area contributed by atoms with Crippen molar-refractivity contribution in [3.8, 4) is 0 Å². The van der Waals surface area contributed by atoms with Crippen molar-refractivity contribution in [3.05, 3.63) is 42.2 Å². The topological polar surface area (TPSA) is 62.2 Å². The predicted molar refractivity (Wildman–Crippen MR) is 75.1 cm³/mol. The van der Waals surface area contributed by atoms with E-state index in [2.05, 4.69) is 10.3 Å². The lowest BCUT2D eigenvalue weighted by Gasteiger charge is -2.18. The number of hydrogen-bond acceptors (Lipinski definition) is 3. The summed E-state index contributed by atoms with van der Waals surface area (Å²) < 4.78 is 0. The third kappa shape index (κ3) is 3.29. The first kappa shape index (κ1) is 13.5. The van der Waals surface area contributed by atoms with Crippen LogP contribution in [0, 0.1) is 0 Å². The molecule has 1 heterocycles. The van der Waals surface area contributed by atoms with E-state index in [9.17, 15) is 9.90 Å². The Morgan fingerprint density at radius 2 is 2.16 bits per heavy atom. The Kier molecular flexibility index (Phi) is 4.12. The van der Waals surface area contributed by atoms with E-state index in [1.54, 1.807) is 12.4 Å². The lowest BCUT2D eigenvalue weighted by molar-refractivity contribution is -0.139. The third-order valence-corrected chi connectivity index (χ3v) is 3.03. The second-order valence-corrected chi connectivity index (χ2v) is 4.93. The van der Waals surface area contributed by atoms with E-state index in [0.717, 1.165) is 16.3 Å². The van der Waals surface area contributed by atoms with Crippen LogP contribution in [0.3, 0.4) is 0 Å². The van der Waals surface area contributed by atoms with Crippen LogP contribution in [0.2, 0.25) is 0 Å². The molecule has 0 aliphatic carbocycles. The molecule has 1 unspecified atom stereocenters.